The van der Waals surface area contributed by atoms with E-state index in [1.165, 1.54) is 69.1 Å². The molecule has 0 spiro atoms. The number of aryl methyl sites for hydroxylation is 2. The minimum absolute atomic E-state index is 0.0191. The number of methoxy groups -OCH3 is 4. The first-order chi connectivity index (χ1) is 32.3. The minimum Gasteiger partial charge on any atom is -0.495 e. The molecule has 6 aromatic rings. The summed E-state index contributed by atoms with van der Waals surface area (Å²) in [7, 11) is 4.38. The van der Waals surface area contributed by atoms with Crippen LogP contribution >= 0.6 is 69.6 Å². The number of hydrogen-bond acceptors (Lipinski definition) is 17. The van der Waals surface area contributed by atoms with Crippen LogP contribution in [0.3, 0.4) is 0 Å². The molecule has 0 aliphatic carbocycles. The first-order valence-corrected chi connectivity index (χ1v) is 25.8. The van der Waals surface area contributed by atoms with Gasteiger partial charge < -0.3 is 38.0 Å². The summed E-state index contributed by atoms with van der Waals surface area (Å²) < 4.78 is 37.2. The Morgan fingerprint density at radius 3 is 1.69 bits per heavy atom. The molecule has 0 fully saturated rings. The number of urea groups is 1. The zero-order valence-electron chi connectivity index (χ0n) is 38.1. The topological polar surface area (TPSA) is 215 Å². The highest BCUT2D eigenvalue weighted by atomic mass is 35.5. The van der Waals surface area contributed by atoms with Gasteiger partial charge in [0.2, 0.25) is 6.08 Å². The van der Waals surface area contributed by atoms with Gasteiger partial charge in [-0.05, 0) is 19.9 Å². The van der Waals surface area contributed by atoms with E-state index >= 15 is 0 Å². The maximum atomic E-state index is 14.3. The first kappa shape index (κ1) is 55.2. The highest BCUT2D eigenvalue weighted by Crippen LogP contribution is 2.47. The number of halogens is 6. The molecule has 0 aliphatic heterocycles. The number of ether oxygens (including phenoxy) is 5. The van der Waals surface area contributed by atoms with Crippen LogP contribution in [0.15, 0.2) is 63.1 Å². The second kappa shape index (κ2) is 26.4. The van der Waals surface area contributed by atoms with E-state index in [-0.39, 0.29) is 67.2 Å². The molecule has 0 bridgehead atoms. The largest absolute Gasteiger partial charge is 0.495 e. The van der Waals surface area contributed by atoms with Crippen LogP contribution in [0.25, 0.3) is 0 Å². The molecule has 19 nitrogen and oxygen atoms in total. The van der Waals surface area contributed by atoms with Gasteiger partial charge in [-0.15, -0.1) is 0 Å². The normalized spacial score (nSPS) is 10.7. The van der Waals surface area contributed by atoms with E-state index in [1.54, 1.807) is 25.1 Å². The van der Waals surface area contributed by atoms with Crippen molar-refractivity contribution in [2.75, 3.05) is 56.9 Å². The molecule has 4 aromatic heterocycles. The van der Waals surface area contributed by atoms with Crippen molar-refractivity contribution in [1.82, 2.24) is 30.2 Å². The number of carbonyl (C=O) groups excluding carboxylic acids is 2. The van der Waals surface area contributed by atoms with Crippen molar-refractivity contribution in [2.24, 2.45) is 4.99 Å². The third kappa shape index (κ3) is 15.8. The number of nitrogens with one attached hydrogen (secondary N) is 1. The second-order valence-corrected chi connectivity index (χ2v) is 22.9. The molecule has 68 heavy (non-hydrogen) atoms. The maximum Gasteiger partial charge on any atom is 0.332 e. The molecule has 26 heteroatoms. The number of isocyanates is 1. The Morgan fingerprint density at radius 2 is 1.22 bits per heavy atom. The molecule has 0 radical (unpaired) electrons. The van der Waals surface area contributed by atoms with Gasteiger partial charge in [-0.3, -0.25) is 9.80 Å². The van der Waals surface area contributed by atoms with Gasteiger partial charge in [-0.1, -0.05) is 99.6 Å². The third-order valence-corrected chi connectivity index (χ3v) is 12.4. The van der Waals surface area contributed by atoms with E-state index in [2.05, 4.69) is 60.2 Å². The number of aliphatic imine (C=N–C) groups is 1. The molecule has 0 aliphatic rings. The summed E-state index contributed by atoms with van der Waals surface area (Å²) in [5, 5.41) is 11.8. The minimum atomic E-state index is -1.40. The Kier molecular flexibility index (Phi) is 21.4. The quantitative estimate of drug-likeness (QED) is 0.0224. The number of nitrogens with zero attached hydrogens (tertiary/aromatic N) is 9. The Balaban J connectivity index is 0.000000272. The highest BCUT2D eigenvalue weighted by molar-refractivity contribution is 6.76. The van der Waals surface area contributed by atoms with Crippen molar-refractivity contribution in [2.45, 2.75) is 52.6 Å². The SMILES string of the molecule is COc1cc(OC)c(Cl)c(N(COCC[Si](C)(C)C)C(=O)N(Cc2cc(C)no2)c2cc(Cl)ncn2)c1Cl.COc1cc(OC)c(Cl)c(N=C=O)c1Cl.Cc1cc(CNc2cc(Cl)ncn2)on1. The fourth-order valence-electron chi connectivity index (χ4n) is 5.49. The van der Waals surface area contributed by atoms with Crippen molar-refractivity contribution in [3.05, 3.63) is 102 Å². The van der Waals surface area contributed by atoms with Crippen LogP contribution < -0.4 is 34.1 Å². The average Bonchev–Trinajstić information content (AvgIpc) is 3.93. The fraction of sp³-hybridized carbons (Fsp3) is 0.333. The molecule has 1 N–H and O–H groups in total. The van der Waals surface area contributed by atoms with E-state index < -0.39 is 14.1 Å². The summed E-state index contributed by atoms with van der Waals surface area (Å²) in [5.41, 5.74) is 1.75. The van der Waals surface area contributed by atoms with Gasteiger partial charge >= 0.3 is 6.03 Å². The number of carbonyl (C=O) groups is 1. The van der Waals surface area contributed by atoms with Gasteiger partial charge in [-0.2, -0.15) is 4.99 Å². The molecular weight excluding hydrogens is 1030 g/mol. The predicted octanol–water partition coefficient (Wildman–Crippen LogP) is 11.7. The van der Waals surface area contributed by atoms with E-state index in [1.807, 2.05) is 13.0 Å². The van der Waals surface area contributed by atoms with E-state index in [4.69, 9.17) is 102 Å². The first-order valence-electron chi connectivity index (χ1n) is 19.8. The lowest BCUT2D eigenvalue weighted by molar-refractivity contribution is 0.148. The lowest BCUT2D eigenvalue weighted by Crippen LogP contribution is -2.45. The van der Waals surface area contributed by atoms with Crippen LogP contribution in [0.1, 0.15) is 22.9 Å². The molecule has 4 heterocycles. The van der Waals surface area contributed by atoms with Crippen LogP contribution in [-0.2, 0) is 22.6 Å². The van der Waals surface area contributed by atoms with Crippen molar-refractivity contribution in [3.8, 4) is 23.0 Å². The number of aromatic nitrogens is 6. The molecule has 0 saturated heterocycles. The number of anilines is 3. The monoisotopic (exact) mass is 1070 g/mol. The van der Waals surface area contributed by atoms with Crippen LogP contribution in [0.5, 0.6) is 23.0 Å². The number of amides is 2. The van der Waals surface area contributed by atoms with Crippen molar-refractivity contribution >= 4 is 113 Å². The van der Waals surface area contributed by atoms with Crippen LogP contribution in [0, 0.1) is 13.8 Å². The number of rotatable bonds is 17. The number of hydrogen-bond donors (Lipinski definition) is 1. The third-order valence-electron chi connectivity index (χ3n) is 8.85. The van der Waals surface area contributed by atoms with Gasteiger partial charge in [0.1, 0.15) is 90.1 Å². The molecule has 0 unspecified atom stereocenters. The average molecular weight is 1080 g/mol. The lowest BCUT2D eigenvalue weighted by Gasteiger charge is -2.31. The van der Waals surface area contributed by atoms with Gasteiger partial charge in [-0.25, -0.2) is 29.5 Å². The smallest absolute Gasteiger partial charge is 0.332 e. The molecule has 2 amide bonds. The zero-order valence-corrected chi connectivity index (χ0v) is 43.7. The number of benzene rings is 2. The second-order valence-electron chi connectivity index (χ2n) is 15.0. The summed E-state index contributed by atoms with van der Waals surface area (Å²) in [6.07, 6.45) is 4.02. The van der Waals surface area contributed by atoms with Gasteiger partial charge in [0, 0.05) is 51.1 Å². The van der Waals surface area contributed by atoms with Crippen LogP contribution in [0.2, 0.25) is 56.1 Å². The van der Waals surface area contributed by atoms with Crippen LogP contribution in [0.4, 0.5) is 27.8 Å². The van der Waals surface area contributed by atoms with Crippen molar-refractivity contribution in [3.63, 3.8) is 0 Å². The Morgan fingerprint density at radius 1 is 0.706 bits per heavy atom. The van der Waals surface area contributed by atoms with E-state index in [9.17, 15) is 9.59 Å². The zero-order chi connectivity index (χ0) is 50.1. The van der Waals surface area contributed by atoms with Gasteiger partial charge in [0.15, 0.2) is 11.5 Å². The lowest BCUT2D eigenvalue weighted by atomic mass is 10.2. The predicted molar refractivity (Wildman–Crippen MR) is 264 cm³/mol. The Labute approximate surface area is 422 Å². The van der Waals surface area contributed by atoms with Crippen LogP contribution in [-0.4, -0.2) is 92.2 Å². The van der Waals surface area contributed by atoms with Gasteiger partial charge in [0.05, 0.1) is 58.6 Å². The summed E-state index contributed by atoms with van der Waals surface area (Å²) in [6, 6.07) is 10.0. The summed E-state index contributed by atoms with van der Waals surface area (Å²) in [6.45, 7) is 11.1. The fourth-order valence-corrected chi connectivity index (χ4v) is 7.83. The summed E-state index contributed by atoms with van der Waals surface area (Å²) >= 11 is 37.0. The molecule has 0 atom stereocenters. The van der Waals surface area contributed by atoms with Crippen molar-refractivity contribution in [1.29, 1.82) is 0 Å². The maximum absolute atomic E-state index is 14.3. The standard InChI is InChI=1S/C24H30Cl3N5O5Si.C9H7Cl2NO3.C9H9ClN4O/c1-15-9-16(37-30-15)12-31(20-11-19(25)28-13-29-20)24(33)32(14-36-7-8-38(4,5)6)23-21(26)17(34-2)10-18(35-3)22(23)27;1-14-5-3-6(15-2)8(11)9(7(5)10)12-4-13;1-6-2-7(15-14-6)4-11-9-3-8(10)12-5-13-9/h9-11,13H,7-8,12,14H2,1-6H3;3H,1-2H3;2-3,5H,4H2,1H3,(H,11,12,13). The van der Waals surface area contributed by atoms with E-state index in [0.29, 0.717) is 47.1 Å². The Hall–Kier alpha value is -5.41. The molecular formula is C42H46Cl6N10O9Si. The molecule has 364 valence electrons. The van der Waals surface area contributed by atoms with E-state index in [0.717, 1.165) is 17.5 Å². The summed E-state index contributed by atoms with van der Waals surface area (Å²) in [4.78, 5) is 46.4. The van der Waals surface area contributed by atoms with Gasteiger partial charge in [0.25, 0.3) is 0 Å². The highest BCUT2D eigenvalue weighted by Gasteiger charge is 2.32. The molecule has 0 saturated carbocycles. The summed E-state index contributed by atoms with van der Waals surface area (Å²) in [5.74, 6) is 3.24. The Bertz CT molecular complexity index is 2630. The van der Waals surface area contributed by atoms with Crippen molar-refractivity contribution < 1.29 is 42.3 Å². The molecule has 2 aromatic carbocycles. The molecule has 6 rings (SSSR count).